The molecule has 1 aliphatic rings. The molecule has 0 fully saturated rings. The van der Waals surface area contributed by atoms with Crippen molar-refractivity contribution in [2.75, 3.05) is 29.5 Å². The Labute approximate surface area is 106 Å². The second-order valence-electron chi connectivity index (χ2n) is 4.06. The van der Waals surface area contributed by atoms with Crippen LogP contribution >= 0.6 is 0 Å². The molecule has 4 N–H and O–H groups in total. The molecule has 1 aromatic rings. The molecule has 0 unspecified atom stereocenters. The second-order valence-corrected chi connectivity index (χ2v) is 4.06. The van der Waals surface area contributed by atoms with Crippen LogP contribution in [0.15, 0.2) is 24.3 Å². The SMILES string of the molecule is C/C=C/CCNc1cc2c(cc1N)OCC(=O)N2. The molecule has 1 heterocycles. The summed E-state index contributed by atoms with van der Waals surface area (Å²) in [5.74, 6) is 0.471. The maximum Gasteiger partial charge on any atom is 0.262 e. The third kappa shape index (κ3) is 2.74. The van der Waals surface area contributed by atoms with Crippen molar-refractivity contribution in [1.29, 1.82) is 0 Å². The molecule has 0 aliphatic carbocycles. The number of benzene rings is 1. The first-order chi connectivity index (χ1) is 8.70. The molecule has 5 heteroatoms. The third-order valence-corrected chi connectivity index (χ3v) is 2.65. The molecule has 0 bridgehead atoms. The summed E-state index contributed by atoms with van der Waals surface area (Å²) in [4.78, 5) is 11.2. The van der Waals surface area contributed by atoms with Crippen LogP contribution < -0.4 is 21.1 Å². The topological polar surface area (TPSA) is 76.4 Å². The molecule has 0 atom stereocenters. The lowest BCUT2D eigenvalue weighted by Gasteiger charge is -2.20. The average molecular weight is 247 g/mol. The number of rotatable bonds is 4. The van der Waals surface area contributed by atoms with Crippen LogP contribution in [0.25, 0.3) is 0 Å². The Morgan fingerprint density at radius 2 is 2.39 bits per heavy atom. The van der Waals surface area contributed by atoms with Gasteiger partial charge in [0, 0.05) is 12.6 Å². The van der Waals surface area contributed by atoms with E-state index in [4.69, 9.17) is 10.5 Å². The van der Waals surface area contributed by atoms with E-state index in [0.717, 1.165) is 18.7 Å². The van der Waals surface area contributed by atoms with Gasteiger partial charge in [0.15, 0.2) is 6.61 Å². The molecule has 0 saturated carbocycles. The van der Waals surface area contributed by atoms with Crippen LogP contribution in [0.5, 0.6) is 5.75 Å². The number of allylic oxidation sites excluding steroid dienone is 1. The van der Waals surface area contributed by atoms with Crippen LogP contribution in [0, 0.1) is 0 Å². The average Bonchev–Trinajstić information content (AvgIpc) is 2.35. The van der Waals surface area contributed by atoms with Crippen molar-refractivity contribution in [2.45, 2.75) is 13.3 Å². The smallest absolute Gasteiger partial charge is 0.262 e. The summed E-state index contributed by atoms with van der Waals surface area (Å²) in [6.45, 7) is 2.82. The number of ether oxygens (including phenoxy) is 1. The predicted molar refractivity (Wildman–Crippen MR) is 72.9 cm³/mol. The van der Waals surface area contributed by atoms with Crippen molar-refractivity contribution in [3.63, 3.8) is 0 Å². The van der Waals surface area contributed by atoms with Crippen molar-refractivity contribution in [2.24, 2.45) is 0 Å². The molecular formula is C13H17N3O2. The fraction of sp³-hybridized carbons (Fsp3) is 0.308. The summed E-state index contributed by atoms with van der Waals surface area (Å²) in [7, 11) is 0. The van der Waals surface area contributed by atoms with E-state index in [-0.39, 0.29) is 12.5 Å². The van der Waals surface area contributed by atoms with Crippen LogP contribution in [0.4, 0.5) is 17.1 Å². The Balaban J connectivity index is 2.11. The minimum atomic E-state index is -0.146. The minimum Gasteiger partial charge on any atom is -0.482 e. The van der Waals surface area contributed by atoms with E-state index in [1.165, 1.54) is 0 Å². The lowest BCUT2D eigenvalue weighted by molar-refractivity contribution is -0.118. The van der Waals surface area contributed by atoms with E-state index in [2.05, 4.69) is 16.7 Å². The quantitative estimate of drug-likeness (QED) is 0.432. The van der Waals surface area contributed by atoms with Gasteiger partial charge in [-0.05, 0) is 19.4 Å². The van der Waals surface area contributed by atoms with Crippen molar-refractivity contribution in [3.8, 4) is 5.75 Å². The summed E-state index contributed by atoms with van der Waals surface area (Å²) >= 11 is 0. The fourth-order valence-electron chi connectivity index (χ4n) is 1.75. The van der Waals surface area contributed by atoms with Crippen LogP contribution in [0.2, 0.25) is 0 Å². The number of amides is 1. The van der Waals surface area contributed by atoms with Crippen LogP contribution in [0.1, 0.15) is 13.3 Å². The number of hydrogen-bond acceptors (Lipinski definition) is 4. The number of hydrogen-bond donors (Lipinski definition) is 3. The summed E-state index contributed by atoms with van der Waals surface area (Å²) in [5, 5.41) is 5.99. The first kappa shape index (κ1) is 12.3. The van der Waals surface area contributed by atoms with Gasteiger partial charge in [-0.1, -0.05) is 12.2 Å². The van der Waals surface area contributed by atoms with Gasteiger partial charge >= 0.3 is 0 Å². The number of fused-ring (bicyclic) bond motifs is 1. The summed E-state index contributed by atoms with van der Waals surface area (Å²) in [5.41, 5.74) is 8.01. The van der Waals surface area contributed by atoms with Gasteiger partial charge in [-0.15, -0.1) is 0 Å². The first-order valence-corrected chi connectivity index (χ1v) is 5.92. The molecule has 2 rings (SSSR count). The molecule has 1 aliphatic heterocycles. The molecule has 18 heavy (non-hydrogen) atoms. The zero-order valence-electron chi connectivity index (χ0n) is 10.3. The monoisotopic (exact) mass is 247 g/mol. The van der Waals surface area contributed by atoms with Crippen LogP contribution in [-0.2, 0) is 4.79 Å². The molecule has 5 nitrogen and oxygen atoms in total. The lowest BCUT2D eigenvalue weighted by Crippen LogP contribution is -2.25. The highest BCUT2D eigenvalue weighted by Gasteiger charge is 2.17. The van der Waals surface area contributed by atoms with Crippen molar-refractivity contribution >= 4 is 23.0 Å². The number of anilines is 3. The Hall–Kier alpha value is -2.17. The molecule has 0 aromatic heterocycles. The highest BCUT2D eigenvalue weighted by molar-refractivity contribution is 5.97. The van der Waals surface area contributed by atoms with E-state index < -0.39 is 0 Å². The fourth-order valence-corrected chi connectivity index (χ4v) is 1.75. The van der Waals surface area contributed by atoms with Gasteiger partial charge in [0.05, 0.1) is 17.1 Å². The zero-order valence-corrected chi connectivity index (χ0v) is 10.3. The van der Waals surface area contributed by atoms with Gasteiger partial charge in [0.25, 0.3) is 5.91 Å². The highest BCUT2D eigenvalue weighted by atomic mass is 16.5. The van der Waals surface area contributed by atoms with E-state index in [0.29, 0.717) is 17.1 Å². The number of nitrogens with one attached hydrogen (secondary N) is 2. The Morgan fingerprint density at radius 1 is 1.56 bits per heavy atom. The van der Waals surface area contributed by atoms with Crippen LogP contribution in [-0.4, -0.2) is 19.1 Å². The molecule has 96 valence electrons. The van der Waals surface area contributed by atoms with Gasteiger partial charge in [-0.3, -0.25) is 4.79 Å². The van der Waals surface area contributed by atoms with E-state index in [1.54, 1.807) is 12.1 Å². The maximum atomic E-state index is 11.2. The van der Waals surface area contributed by atoms with Gasteiger partial charge in [0.2, 0.25) is 0 Å². The summed E-state index contributed by atoms with van der Waals surface area (Å²) < 4.78 is 5.28. The molecule has 1 amide bonds. The molecule has 0 spiro atoms. The molecule has 0 saturated heterocycles. The number of carbonyl (C=O) groups is 1. The molecule has 0 radical (unpaired) electrons. The molecule has 1 aromatic carbocycles. The van der Waals surface area contributed by atoms with Gasteiger partial charge in [-0.25, -0.2) is 0 Å². The number of nitrogens with two attached hydrogens (primary N) is 1. The normalized spacial score (nSPS) is 13.9. The standard InChI is InChI=1S/C13H17N3O2/c1-2-3-4-5-15-10-7-11-12(6-9(10)14)18-8-13(17)16-11/h2-3,6-7,15H,4-5,8,14H2,1H3,(H,16,17)/b3-2+. The highest BCUT2D eigenvalue weighted by Crippen LogP contribution is 2.35. The second kappa shape index (κ2) is 5.44. The van der Waals surface area contributed by atoms with Gasteiger partial charge in [0.1, 0.15) is 5.75 Å². The van der Waals surface area contributed by atoms with Crippen molar-refractivity contribution in [3.05, 3.63) is 24.3 Å². The van der Waals surface area contributed by atoms with E-state index in [9.17, 15) is 4.79 Å². The summed E-state index contributed by atoms with van der Waals surface area (Å²) in [6, 6.07) is 3.53. The van der Waals surface area contributed by atoms with Crippen molar-refractivity contribution < 1.29 is 9.53 Å². The molecular weight excluding hydrogens is 230 g/mol. The Kier molecular flexibility index (Phi) is 3.72. The Bertz CT molecular complexity index is 483. The van der Waals surface area contributed by atoms with Gasteiger partial charge < -0.3 is 21.1 Å². The zero-order chi connectivity index (χ0) is 13.0. The summed E-state index contributed by atoms with van der Waals surface area (Å²) in [6.07, 6.45) is 5.01. The van der Waals surface area contributed by atoms with Gasteiger partial charge in [-0.2, -0.15) is 0 Å². The first-order valence-electron chi connectivity index (χ1n) is 5.92. The van der Waals surface area contributed by atoms with E-state index in [1.807, 2.05) is 13.0 Å². The van der Waals surface area contributed by atoms with Crippen molar-refractivity contribution in [1.82, 2.24) is 0 Å². The maximum absolute atomic E-state index is 11.2. The minimum absolute atomic E-state index is 0.0422. The Morgan fingerprint density at radius 3 is 3.17 bits per heavy atom. The van der Waals surface area contributed by atoms with Crippen LogP contribution in [0.3, 0.4) is 0 Å². The predicted octanol–water partition coefficient (Wildman–Crippen LogP) is 1.98. The number of carbonyl (C=O) groups excluding carboxylic acids is 1. The van der Waals surface area contributed by atoms with E-state index >= 15 is 0 Å². The number of nitrogen functional groups attached to an aromatic ring is 1. The third-order valence-electron chi connectivity index (χ3n) is 2.65. The largest absolute Gasteiger partial charge is 0.482 e. The lowest BCUT2D eigenvalue weighted by atomic mass is 10.2.